The maximum Gasteiger partial charge on any atom is 0.189 e. The second-order valence-electron chi connectivity index (χ2n) is 10.5. The van der Waals surface area contributed by atoms with Crippen molar-refractivity contribution in [3.63, 3.8) is 0 Å². The van der Waals surface area contributed by atoms with Crippen molar-refractivity contribution >= 4 is 0 Å². The Labute approximate surface area is 200 Å². The highest BCUT2D eigenvalue weighted by atomic mass is 16.7. The summed E-state index contributed by atoms with van der Waals surface area (Å²) < 4.78 is 17.1. The van der Waals surface area contributed by atoms with Gasteiger partial charge in [-0.05, 0) is 80.3 Å². The number of rotatable bonds is 12. The molecule has 1 unspecified atom stereocenters. The van der Waals surface area contributed by atoms with E-state index in [-0.39, 0.29) is 12.3 Å². The van der Waals surface area contributed by atoms with Crippen molar-refractivity contribution in [1.82, 2.24) is 0 Å². The minimum atomic E-state index is -0.258. The summed E-state index contributed by atoms with van der Waals surface area (Å²) in [4.78, 5) is 0. The third-order valence-corrected chi connectivity index (χ3v) is 6.65. The summed E-state index contributed by atoms with van der Waals surface area (Å²) in [6.45, 7) is 9.89. The normalized spacial score (nSPS) is 16.1. The number of hydrogen-bond donors (Lipinski definition) is 1. The van der Waals surface area contributed by atoms with E-state index in [1.54, 1.807) is 0 Å². The molecule has 0 aromatic heterocycles. The highest BCUT2D eigenvalue weighted by molar-refractivity contribution is 5.31. The van der Waals surface area contributed by atoms with Gasteiger partial charge >= 0.3 is 0 Å². The monoisotopic (exact) mass is 453 g/mol. The van der Waals surface area contributed by atoms with Crippen LogP contribution in [0.1, 0.15) is 89.2 Å². The van der Waals surface area contributed by atoms with E-state index in [9.17, 15) is 0 Å². The van der Waals surface area contributed by atoms with Gasteiger partial charge in [-0.1, -0.05) is 57.4 Å². The molecule has 2 aromatic rings. The van der Waals surface area contributed by atoms with Crippen LogP contribution in [0.3, 0.4) is 0 Å². The molecule has 1 fully saturated rings. The molecule has 33 heavy (non-hydrogen) atoms. The van der Waals surface area contributed by atoms with Gasteiger partial charge in [0.2, 0.25) is 0 Å². The maximum absolute atomic E-state index is 6.45. The van der Waals surface area contributed by atoms with E-state index in [1.165, 1.54) is 43.2 Å². The van der Waals surface area contributed by atoms with Crippen molar-refractivity contribution in [2.75, 3.05) is 20.0 Å². The third-order valence-electron chi connectivity index (χ3n) is 6.65. The molecule has 0 bridgehead atoms. The van der Waals surface area contributed by atoms with Gasteiger partial charge in [0, 0.05) is 11.5 Å². The lowest BCUT2D eigenvalue weighted by atomic mass is 9.77. The first kappa shape index (κ1) is 25.6. The van der Waals surface area contributed by atoms with E-state index >= 15 is 0 Å². The molecule has 1 saturated carbocycles. The predicted octanol–water partition coefficient (Wildman–Crippen LogP) is 7.03. The minimum Gasteiger partial charge on any atom is -0.491 e. The van der Waals surface area contributed by atoms with E-state index in [4.69, 9.17) is 19.9 Å². The Morgan fingerprint density at radius 1 is 0.848 bits per heavy atom. The lowest BCUT2D eigenvalue weighted by Crippen LogP contribution is -2.39. The zero-order valence-corrected chi connectivity index (χ0v) is 21.0. The van der Waals surface area contributed by atoms with E-state index in [2.05, 4.69) is 64.1 Å². The second-order valence-corrected chi connectivity index (χ2v) is 10.5. The first-order valence-electron chi connectivity index (χ1n) is 12.6. The van der Waals surface area contributed by atoms with Gasteiger partial charge in [-0.3, -0.25) is 0 Å². The van der Waals surface area contributed by atoms with E-state index in [1.807, 2.05) is 12.1 Å². The van der Waals surface area contributed by atoms with Gasteiger partial charge in [0.15, 0.2) is 6.79 Å². The lowest BCUT2D eigenvalue weighted by Gasteiger charge is -2.32. The molecule has 1 aliphatic carbocycles. The first-order valence-corrected chi connectivity index (χ1v) is 12.6. The minimum absolute atomic E-state index is 0.209. The van der Waals surface area contributed by atoms with Crippen molar-refractivity contribution < 1.29 is 14.2 Å². The number of ether oxygens (including phenoxy) is 3. The summed E-state index contributed by atoms with van der Waals surface area (Å²) >= 11 is 0. The van der Waals surface area contributed by atoms with E-state index in [0.717, 1.165) is 23.8 Å². The van der Waals surface area contributed by atoms with Crippen LogP contribution in [-0.4, -0.2) is 25.5 Å². The van der Waals surface area contributed by atoms with Gasteiger partial charge in [-0.2, -0.15) is 0 Å². The SMILES string of the molecule is CC(C)CC(c1ccc(OCOCCOc2ccc(C3CCCCC3)cc2)cc1)C(C)(C)N. The molecule has 0 heterocycles. The van der Waals surface area contributed by atoms with Crippen LogP contribution < -0.4 is 15.2 Å². The molecule has 0 radical (unpaired) electrons. The molecule has 0 spiro atoms. The molecule has 182 valence electrons. The smallest absolute Gasteiger partial charge is 0.189 e. The number of nitrogens with two attached hydrogens (primary N) is 1. The van der Waals surface area contributed by atoms with E-state index < -0.39 is 0 Å². The molecule has 2 N–H and O–H groups in total. The van der Waals surface area contributed by atoms with Crippen molar-refractivity contribution in [3.8, 4) is 11.5 Å². The Balaban J connectivity index is 1.35. The fourth-order valence-electron chi connectivity index (χ4n) is 4.80. The highest BCUT2D eigenvalue weighted by Crippen LogP contribution is 2.34. The number of benzene rings is 2. The predicted molar refractivity (Wildman–Crippen MR) is 136 cm³/mol. The highest BCUT2D eigenvalue weighted by Gasteiger charge is 2.27. The Morgan fingerprint density at radius 2 is 1.45 bits per heavy atom. The van der Waals surface area contributed by atoms with E-state index in [0.29, 0.717) is 25.0 Å². The average molecular weight is 454 g/mol. The number of hydrogen-bond acceptors (Lipinski definition) is 4. The van der Waals surface area contributed by atoms with Crippen LogP contribution in [0.15, 0.2) is 48.5 Å². The summed E-state index contributed by atoms with van der Waals surface area (Å²) in [7, 11) is 0. The van der Waals surface area contributed by atoms with Gasteiger partial charge in [-0.15, -0.1) is 0 Å². The summed E-state index contributed by atoms with van der Waals surface area (Å²) in [5.74, 6) is 3.34. The summed E-state index contributed by atoms with van der Waals surface area (Å²) in [6, 6.07) is 16.8. The van der Waals surface area contributed by atoms with Crippen LogP contribution in [-0.2, 0) is 4.74 Å². The summed E-state index contributed by atoms with van der Waals surface area (Å²) in [5.41, 5.74) is 8.89. The van der Waals surface area contributed by atoms with Gasteiger partial charge < -0.3 is 19.9 Å². The standard InChI is InChI=1S/C29H43NO3/c1-22(2)20-28(29(3,4)30)25-12-16-27(17-13-25)33-21-31-18-19-32-26-14-10-24(11-15-26)23-8-6-5-7-9-23/h10-17,22-23,28H,5-9,18-21,30H2,1-4H3. The largest absolute Gasteiger partial charge is 0.491 e. The quantitative estimate of drug-likeness (QED) is 0.277. The fourth-order valence-corrected chi connectivity index (χ4v) is 4.80. The van der Waals surface area contributed by atoms with Gasteiger partial charge in [0.25, 0.3) is 0 Å². The van der Waals surface area contributed by atoms with Crippen LogP contribution in [0.5, 0.6) is 11.5 Å². The lowest BCUT2D eigenvalue weighted by molar-refractivity contribution is 0.00245. The maximum atomic E-state index is 6.45. The molecule has 4 heteroatoms. The molecule has 0 saturated heterocycles. The summed E-state index contributed by atoms with van der Waals surface area (Å²) in [6.07, 6.45) is 7.81. The summed E-state index contributed by atoms with van der Waals surface area (Å²) in [5, 5.41) is 0. The average Bonchev–Trinajstić information content (AvgIpc) is 2.80. The fraction of sp³-hybridized carbons (Fsp3) is 0.586. The van der Waals surface area contributed by atoms with Crippen LogP contribution in [0.2, 0.25) is 0 Å². The van der Waals surface area contributed by atoms with Gasteiger partial charge in [0.1, 0.15) is 18.1 Å². The van der Waals surface area contributed by atoms with Crippen molar-refractivity contribution in [2.24, 2.45) is 11.7 Å². The Morgan fingerprint density at radius 3 is 2.06 bits per heavy atom. The van der Waals surface area contributed by atoms with Crippen molar-refractivity contribution in [1.29, 1.82) is 0 Å². The Hall–Kier alpha value is -2.04. The van der Waals surface area contributed by atoms with Crippen LogP contribution in [0, 0.1) is 5.92 Å². The zero-order chi connectivity index (χ0) is 23.7. The van der Waals surface area contributed by atoms with Crippen LogP contribution in [0.4, 0.5) is 0 Å². The molecule has 0 aliphatic heterocycles. The van der Waals surface area contributed by atoms with Crippen LogP contribution in [0.25, 0.3) is 0 Å². The van der Waals surface area contributed by atoms with Gasteiger partial charge in [-0.25, -0.2) is 0 Å². The Kier molecular flexibility index (Phi) is 9.64. The van der Waals surface area contributed by atoms with Crippen molar-refractivity contribution in [2.45, 2.75) is 83.6 Å². The van der Waals surface area contributed by atoms with Gasteiger partial charge in [0.05, 0.1) is 6.61 Å². The molecule has 3 rings (SSSR count). The molecule has 0 amide bonds. The molecule has 4 nitrogen and oxygen atoms in total. The molecule has 2 aromatic carbocycles. The molecule has 1 atom stereocenters. The molecular formula is C29H43NO3. The molecular weight excluding hydrogens is 410 g/mol. The van der Waals surface area contributed by atoms with Crippen LogP contribution >= 0.6 is 0 Å². The topological polar surface area (TPSA) is 53.7 Å². The molecule has 1 aliphatic rings. The Bertz CT molecular complexity index is 802. The van der Waals surface area contributed by atoms with Crippen molar-refractivity contribution in [3.05, 3.63) is 59.7 Å². The second kappa shape index (κ2) is 12.4. The first-order chi connectivity index (χ1) is 15.8. The third kappa shape index (κ3) is 8.35. The zero-order valence-electron chi connectivity index (χ0n) is 21.0.